The standard InChI is InChI=1S/C23H28N2O2S/c1-25-14-5-6-20(25)17-19-11-13-24-23-10-9-18(16-22(19)23)12-15-28(26,27)21-7-3-2-4-8-21/h2-4,7-11,16,20,24H,5-6,12-15,17H2,1H3. The van der Waals surface area contributed by atoms with Crippen LogP contribution in [-0.4, -0.2) is 45.2 Å². The summed E-state index contributed by atoms with van der Waals surface area (Å²) in [5, 5.41) is 3.45. The van der Waals surface area contributed by atoms with Gasteiger partial charge in [-0.05, 0) is 74.7 Å². The molecule has 2 aromatic carbocycles. The summed E-state index contributed by atoms with van der Waals surface area (Å²) in [6.45, 7) is 2.04. The van der Waals surface area contributed by atoms with E-state index in [4.69, 9.17) is 0 Å². The van der Waals surface area contributed by atoms with Gasteiger partial charge in [0.1, 0.15) is 0 Å². The first-order chi connectivity index (χ1) is 13.5. The Bertz CT molecular complexity index is 967. The van der Waals surface area contributed by atoms with Crippen molar-refractivity contribution < 1.29 is 8.42 Å². The molecule has 1 atom stereocenters. The highest BCUT2D eigenvalue weighted by Gasteiger charge is 2.24. The summed E-state index contributed by atoms with van der Waals surface area (Å²) in [6.07, 6.45) is 6.42. The van der Waals surface area contributed by atoms with Crippen molar-refractivity contribution in [3.05, 3.63) is 65.7 Å². The van der Waals surface area contributed by atoms with Crippen LogP contribution in [-0.2, 0) is 16.3 Å². The Morgan fingerprint density at radius 3 is 2.71 bits per heavy atom. The minimum absolute atomic E-state index is 0.133. The van der Waals surface area contributed by atoms with Crippen LogP contribution in [0.4, 0.5) is 5.69 Å². The van der Waals surface area contributed by atoms with Gasteiger partial charge in [0, 0.05) is 23.8 Å². The first kappa shape index (κ1) is 19.2. The molecular weight excluding hydrogens is 368 g/mol. The maximum Gasteiger partial charge on any atom is 0.178 e. The van der Waals surface area contributed by atoms with Crippen LogP contribution < -0.4 is 5.32 Å². The van der Waals surface area contributed by atoms with Crippen molar-refractivity contribution in [3.8, 4) is 0 Å². The number of nitrogens with zero attached hydrogens (tertiary/aromatic N) is 1. The molecule has 2 aliphatic heterocycles. The molecule has 0 amide bonds. The second kappa shape index (κ2) is 8.10. The number of likely N-dealkylation sites (tertiary alicyclic amines) is 1. The van der Waals surface area contributed by atoms with Crippen molar-refractivity contribution in [1.29, 1.82) is 0 Å². The van der Waals surface area contributed by atoms with Crippen molar-refractivity contribution in [2.45, 2.75) is 36.6 Å². The van der Waals surface area contributed by atoms with Crippen molar-refractivity contribution in [2.24, 2.45) is 0 Å². The number of fused-ring (bicyclic) bond motifs is 1. The van der Waals surface area contributed by atoms with Gasteiger partial charge in [-0.2, -0.15) is 0 Å². The zero-order valence-electron chi connectivity index (χ0n) is 16.4. The van der Waals surface area contributed by atoms with Gasteiger partial charge in [0.2, 0.25) is 0 Å². The van der Waals surface area contributed by atoms with Crippen molar-refractivity contribution in [2.75, 3.05) is 31.2 Å². The number of hydrogen-bond acceptors (Lipinski definition) is 4. The van der Waals surface area contributed by atoms with E-state index in [2.05, 4.69) is 41.5 Å². The van der Waals surface area contributed by atoms with Crippen LogP contribution in [0.25, 0.3) is 5.57 Å². The SMILES string of the molecule is CN1CCCC1CC1=CCNc2ccc(CCS(=O)(=O)c3ccccc3)cc21. The third kappa shape index (κ3) is 4.15. The van der Waals surface area contributed by atoms with E-state index in [1.807, 2.05) is 6.07 Å². The van der Waals surface area contributed by atoms with Crippen LogP contribution in [0.15, 0.2) is 59.5 Å². The average Bonchev–Trinajstić information content (AvgIpc) is 3.12. The molecule has 4 nitrogen and oxygen atoms in total. The fraction of sp³-hybridized carbons (Fsp3) is 0.391. The molecule has 2 aliphatic rings. The quantitative estimate of drug-likeness (QED) is 0.802. The van der Waals surface area contributed by atoms with Crippen LogP contribution in [0.2, 0.25) is 0 Å². The molecule has 0 spiro atoms. The van der Waals surface area contributed by atoms with E-state index in [0.717, 1.165) is 24.2 Å². The summed E-state index contributed by atoms with van der Waals surface area (Å²) < 4.78 is 25.2. The second-order valence-corrected chi connectivity index (χ2v) is 9.96. The summed E-state index contributed by atoms with van der Waals surface area (Å²) >= 11 is 0. The minimum atomic E-state index is -3.26. The Morgan fingerprint density at radius 2 is 1.96 bits per heavy atom. The predicted molar refractivity (Wildman–Crippen MR) is 115 cm³/mol. The molecule has 1 saturated heterocycles. The van der Waals surface area contributed by atoms with Gasteiger partial charge >= 0.3 is 0 Å². The van der Waals surface area contributed by atoms with E-state index in [9.17, 15) is 8.42 Å². The molecule has 1 fully saturated rings. The Balaban J connectivity index is 1.50. The lowest BCUT2D eigenvalue weighted by molar-refractivity contribution is 0.315. The maximum atomic E-state index is 12.6. The first-order valence-corrected chi connectivity index (χ1v) is 11.7. The van der Waals surface area contributed by atoms with E-state index >= 15 is 0 Å². The van der Waals surface area contributed by atoms with Crippen LogP contribution in [0.5, 0.6) is 0 Å². The van der Waals surface area contributed by atoms with E-state index < -0.39 is 9.84 Å². The molecule has 5 heteroatoms. The predicted octanol–water partition coefficient (Wildman–Crippen LogP) is 4.00. The van der Waals surface area contributed by atoms with Gasteiger partial charge in [-0.25, -0.2) is 8.42 Å². The molecule has 4 rings (SSSR count). The third-order valence-corrected chi connectivity index (χ3v) is 7.69. The van der Waals surface area contributed by atoms with Gasteiger partial charge in [0.15, 0.2) is 9.84 Å². The molecule has 2 aromatic rings. The molecule has 1 unspecified atom stereocenters. The molecule has 1 N–H and O–H groups in total. The summed E-state index contributed by atoms with van der Waals surface area (Å²) in [6, 6.07) is 15.7. The summed E-state index contributed by atoms with van der Waals surface area (Å²) in [5.41, 5.74) is 4.86. The van der Waals surface area contributed by atoms with Gasteiger partial charge < -0.3 is 10.2 Å². The highest BCUT2D eigenvalue weighted by Crippen LogP contribution is 2.34. The fourth-order valence-electron chi connectivity index (χ4n) is 4.24. The molecule has 0 bridgehead atoms. The number of nitrogens with one attached hydrogen (secondary N) is 1. The largest absolute Gasteiger partial charge is 0.381 e. The lowest BCUT2D eigenvalue weighted by atomic mass is 9.92. The van der Waals surface area contributed by atoms with Gasteiger partial charge in [0.05, 0.1) is 10.6 Å². The Hall–Kier alpha value is -2.11. The zero-order valence-corrected chi connectivity index (χ0v) is 17.2. The second-order valence-electron chi connectivity index (χ2n) is 7.85. The highest BCUT2D eigenvalue weighted by atomic mass is 32.2. The molecule has 0 aliphatic carbocycles. The van der Waals surface area contributed by atoms with Crippen molar-refractivity contribution in [3.63, 3.8) is 0 Å². The number of sulfone groups is 1. The lowest BCUT2D eigenvalue weighted by Crippen LogP contribution is -2.25. The molecule has 28 heavy (non-hydrogen) atoms. The van der Waals surface area contributed by atoms with Gasteiger partial charge in [-0.3, -0.25) is 0 Å². The Kier molecular flexibility index (Phi) is 5.56. The van der Waals surface area contributed by atoms with Crippen molar-refractivity contribution in [1.82, 2.24) is 4.90 Å². The molecule has 2 heterocycles. The van der Waals surface area contributed by atoms with Crippen LogP contribution in [0.3, 0.4) is 0 Å². The average molecular weight is 397 g/mol. The fourth-order valence-corrected chi connectivity index (χ4v) is 5.56. The van der Waals surface area contributed by atoms with Crippen LogP contribution >= 0.6 is 0 Å². The summed E-state index contributed by atoms with van der Waals surface area (Å²) in [7, 11) is -1.04. The van der Waals surface area contributed by atoms with Crippen LogP contribution in [0, 0.1) is 0 Å². The number of anilines is 1. The van der Waals surface area contributed by atoms with E-state index in [-0.39, 0.29) is 5.75 Å². The maximum absolute atomic E-state index is 12.6. The number of hydrogen-bond donors (Lipinski definition) is 1. The lowest BCUT2D eigenvalue weighted by Gasteiger charge is -2.25. The minimum Gasteiger partial charge on any atom is -0.381 e. The van der Waals surface area contributed by atoms with Gasteiger partial charge in [0.25, 0.3) is 0 Å². The van der Waals surface area contributed by atoms with Crippen molar-refractivity contribution >= 4 is 21.1 Å². The smallest absolute Gasteiger partial charge is 0.178 e. The first-order valence-electron chi connectivity index (χ1n) is 10.1. The molecule has 0 saturated carbocycles. The molecule has 0 radical (unpaired) electrons. The molecule has 148 valence electrons. The number of aryl methyl sites for hydroxylation is 1. The van der Waals surface area contributed by atoms with Crippen LogP contribution in [0.1, 0.15) is 30.4 Å². The highest BCUT2D eigenvalue weighted by molar-refractivity contribution is 7.91. The molecular formula is C23H28N2O2S. The van der Waals surface area contributed by atoms with E-state index in [1.54, 1.807) is 24.3 Å². The van der Waals surface area contributed by atoms with Gasteiger partial charge in [-0.15, -0.1) is 0 Å². The van der Waals surface area contributed by atoms with Gasteiger partial charge in [-0.1, -0.05) is 30.3 Å². The van der Waals surface area contributed by atoms with E-state index in [0.29, 0.717) is 17.4 Å². The molecule has 0 aromatic heterocycles. The number of rotatable bonds is 6. The Morgan fingerprint density at radius 1 is 1.14 bits per heavy atom. The summed E-state index contributed by atoms with van der Waals surface area (Å²) in [4.78, 5) is 2.86. The summed E-state index contributed by atoms with van der Waals surface area (Å²) in [5.74, 6) is 0.133. The Labute approximate surface area is 168 Å². The topological polar surface area (TPSA) is 49.4 Å². The monoisotopic (exact) mass is 396 g/mol. The zero-order chi connectivity index (χ0) is 19.6. The third-order valence-electron chi connectivity index (χ3n) is 5.96. The van der Waals surface area contributed by atoms with E-state index in [1.165, 1.54) is 30.5 Å². The normalized spacial score (nSPS) is 19.8. The number of benzene rings is 2.